The number of hydrogen-bond acceptors (Lipinski definition) is 3. The lowest BCUT2D eigenvalue weighted by Crippen LogP contribution is -2.21. The minimum Gasteiger partial charge on any atom is -0.496 e. The molecule has 0 unspecified atom stereocenters. The maximum atomic E-state index is 13.3. The Morgan fingerprint density at radius 3 is 2.18 bits per heavy atom. The molecule has 0 aliphatic rings. The zero-order valence-electron chi connectivity index (χ0n) is 9.01. The number of halogens is 4. The molecule has 0 spiro atoms. The van der Waals surface area contributed by atoms with Crippen molar-refractivity contribution < 1.29 is 32.1 Å². The van der Waals surface area contributed by atoms with E-state index in [0.717, 1.165) is 26.4 Å². The largest absolute Gasteiger partial charge is 0.496 e. The molecule has 1 N–H and O–H groups in total. The van der Waals surface area contributed by atoms with Crippen molar-refractivity contribution in [3.63, 3.8) is 0 Å². The first kappa shape index (κ1) is 13.6. The van der Waals surface area contributed by atoms with Crippen LogP contribution < -0.4 is 9.47 Å². The van der Waals surface area contributed by atoms with Crippen molar-refractivity contribution in [1.82, 2.24) is 0 Å². The lowest BCUT2D eigenvalue weighted by atomic mass is 10.1. The van der Waals surface area contributed by atoms with Gasteiger partial charge in [-0.3, -0.25) is 0 Å². The van der Waals surface area contributed by atoms with Gasteiger partial charge in [-0.05, 0) is 12.1 Å². The summed E-state index contributed by atoms with van der Waals surface area (Å²) < 4.78 is 59.7. The van der Waals surface area contributed by atoms with Gasteiger partial charge in [-0.2, -0.15) is 13.2 Å². The Labute approximate surface area is 94.6 Å². The van der Waals surface area contributed by atoms with Crippen LogP contribution in [0.1, 0.15) is 11.7 Å². The van der Waals surface area contributed by atoms with Crippen LogP contribution in [0.25, 0.3) is 0 Å². The van der Waals surface area contributed by atoms with Gasteiger partial charge in [0.1, 0.15) is 5.75 Å². The molecule has 1 rings (SSSR count). The maximum absolute atomic E-state index is 13.3. The lowest BCUT2D eigenvalue weighted by molar-refractivity contribution is -0.207. The van der Waals surface area contributed by atoms with Crippen LogP contribution in [0.2, 0.25) is 0 Å². The maximum Gasteiger partial charge on any atom is 0.418 e. The first-order valence-corrected chi connectivity index (χ1v) is 4.48. The summed E-state index contributed by atoms with van der Waals surface area (Å²) in [7, 11) is 2.11. The SMILES string of the molecule is COc1ccc(F)c(OC)c1[C@@H](O)C(F)(F)F. The topological polar surface area (TPSA) is 38.7 Å². The molecule has 0 aromatic heterocycles. The van der Waals surface area contributed by atoms with Crippen molar-refractivity contribution in [2.24, 2.45) is 0 Å². The predicted molar refractivity (Wildman–Crippen MR) is 50.5 cm³/mol. The summed E-state index contributed by atoms with van der Waals surface area (Å²) >= 11 is 0. The van der Waals surface area contributed by atoms with Crippen LogP contribution in [-0.4, -0.2) is 25.5 Å². The average molecular weight is 254 g/mol. The first-order chi connectivity index (χ1) is 7.82. The standard InChI is InChI=1S/C10H10F4O3/c1-16-6-4-3-5(11)8(17-2)7(6)9(15)10(12,13)14/h3-4,9,15H,1-2H3/t9-/m1/s1. The van der Waals surface area contributed by atoms with Gasteiger partial charge in [-0.1, -0.05) is 0 Å². The Hall–Kier alpha value is -1.50. The molecular weight excluding hydrogens is 244 g/mol. The third kappa shape index (κ3) is 2.60. The molecule has 0 radical (unpaired) electrons. The van der Waals surface area contributed by atoms with Gasteiger partial charge in [0, 0.05) is 0 Å². The molecule has 3 nitrogen and oxygen atoms in total. The van der Waals surface area contributed by atoms with E-state index in [1.807, 2.05) is 0 Å². The second kappa shape index (κ2) is 4.79. The van der Waals surface area contributed by atoms with E-state index in [1.165, 1.54) is 0 Å². The first-order valence-electron chi connectivity index (χ1n) is 4.48. The number of aliphatic hydroxyl groups excluding tert-OH is 1. The van der Waals surface area contributed by atoms with E-state index < -0.39 is 29.4 Å². The number of ether oxygens (including phenoxy) is 2. The van der Waals surface area contributed by atoms with Crippen LogP contribution in [0.5, 0.6) is 11.5 Å². The number of alkyl halides is 3. The van der Waals surface area contributed by atoms with Gasteiger partial charge in [0.15, 0.2) is 17.7 Å². The lowest BCUT2D eigenvalue weighted by Gasteiger charge is -2.20. The van der Waals surface area contributed by atoms with Crippen molar-refractivity contribution in [3.05, 3.63) is 23.5 Å². The average Bonchev–Trinajstić information content (AvgIpc) is 2.26. The molecule has 1 aromatic rings. The molecule has 7 heteroatoms. The fourth-order valence-corrected chi connectivity index (χ4v) is 1.36. The highest BCUT2D eigenvalue weighted by Crippen LogP contribution is 2.43. The summed E-state index contributed by atoms with van der Waals surface area (Å²) in [6.07, 6.45) is -7.81. The Morgan fingerprint density at radius 2 is 1.76 bits per heavy atom. The van der Waals surface area contributed by atoms with E-state index in [1.54, 1.807) is 0 Å². The number of methoxy groups -OCH3 is 2. The molecule has 0 heterocycles. The van der Waals surface area contributed by atoms with E-state index >= 15 is 0 Å². The number of hydrogen-bond donors (Lipinski definition) is 1. The van der Waals surface area contributed by atoms with Crippen LogP contribution in [0.3, 0.4) is 0 Å². The number of rotatable bonds is 3. The number of aliphatic hydroxyl groups is 1. The zero-order chi connectivity index (χ0) is 13.2. The third-order valence-corrected chi connectivity index (χ3v) is 2.12. The summed E-state index contributed by atoms with van der Waals surface area (Å²) in [4.78, 5) is 0. The monoisotopic (exact) mass is 254 g/mol. The quantitative estimate of drug-likeness (QED) is 0.842. The summed E-state index contributed by atoms with van der Waals surface area (Å²) in [6.45, 7) is 0. The summed E-state index contributed by atoms with van der Waals surface area (Å²) in [5.74, 6) is -1.99. The molecule has 0 saturated heterocycles. The van der Waals surface area contributed by atoms with Crippen molar-refractivity contribution in [1.29, 1.82) is 0 Å². The third-order valence-electron chi connectivity index (χ3n) is 2.12. The van der Waals surface area contributed by atoms with E-state index in [9.17, 15) is 17.6 Å². The minimum atomic E-state index is -4.94. The minimum absolute atomic E-state index is 0.298. The molecule has 0 saturated carbocycles. The Bertz CT molecular complexity index is 403. The molecule has 0 amide bonds. The van der Waals surface area contributed by atoms with Crippen molar-refractivity contribution in [3.8, 4) is 11.5 Å². The van der Waals surface area contributed by atoms with Crippen LogP contribution in [0.4, 0.5) is 17.6 Å². The fraction of sp³-hybridized carbons (Fsp3) is 0.400. The second-order valence-electron chi connectivity index (χ2n) is 3.14. The highest BCUT2D eigenvalue weighted by Gasteiger charge is 2.43. The molecule has 0 bridgehead atoms. The molecule has 0 aliphatic heterocycles. The van der Waals surface area contributed by atoms with Crippen LogP contribution in [0, 0.1) is 5.82 Å². The van der Waals surface area contributed by atoms with Crippen molar-refractivity contribution in [2.75, 3.05) is 14.2 Å². The van der Waals surface area contributed by atoms with Gasteiger partial charge < -0.3 is 14.6 Å². The van der Waals surface area contributed by atoms with Crippen molar-refractivity contribution in [2.45, 2.75) is 12.3 Å². The Balaban J connectivity index is 3.42. The smallest absolute Gasteiger partial charge is 0.418 e. The van der Waals surface area contributed by atoms with Gasteiger partial charge in [0.2, 0.25) is 0 Å². The highest BCUT2D eigenvalue weighted by atomic mass is 19.4. The van der Waals surface area contributed by atoms with Crippen LogP contribution in [0.15, 0.2) is 12.1 Å². The normalized spacial score (nSPS) is 13.4. The Morgan fingerprint density at radius 1 is 1.18 bits per heavy atom. The molecule has 96 valence electrons. The van der Waals surface area contributed by atoms with Crippen LogP contribution >= 0.6 is 0 Å². The molecule has 17 heavy (non-hydrogen) atoms. The summed E-state index contributed by atoms with van der Waals surface area (Å²) in [6, 6.07) is 1.88. The van der Waals surface area contributed by atoms with Crippen LogP contribution in [-0.2, 0) is 0 Å². The van der Waals surface area contributed by atoms with Gasteiger partial charge in [-0.25, -0.2) is 4.39 Å². The Kier molecular flexibility index (Phi) is 3.82. The summed E-state index contributed by atoms with van der Waals surface area (Å²) in [5, 5.41) is 9.15. The molecule has 0 fully saturated rings. The van der Waals surface area contributed by atoms with E-state index in [4.69, 9.17) is 5.11 Å². The van der Waals surface area contributed by atoms with Gasteiger partial charge in [-0.15, -0.1) is 0 Å². The second-order valence-corrected chi connectivity index (χ2v) is 3.14. The van der Waals surface area contributed by atoms with E-state index in [-0.39, 0.29) is 5.75 Å². The fourth-order valence-electron chi connectivity index (χ4n) is 1.36. The highest BCUT2D eigenvalue weighted by molar-refractivity contribution is 5.47. The molecule has 1 aromatic carbocycles. The predicted octanol–water partition coefficient (Wildman–Crippen LogP) is 2.44. The molecular formula is C10H10F4O3. The van der Waals surface area contributed by atoms with Crippen molar-refractivity contribution >= 4 is 0 Å². The molecule has 1 atom stereocenters. The molecule has 0 aliphatic carbocycles. The van der Waals surface area contributed by atoms with E-state index in [2.05, 4.69) is 9.47 Å². The zero-order valence-corrected chi connectivity index (χ0v) is 9.01. The van der Waals surface area contributed by atoms with Gasteiger partial charge in [0.25, 0.3) is 0 Å². The number of benzene rings is 1. The summed E-state index contributed by atoms with van der Waals surface area (Å²) in [5.41, 5.74) is -0.775. The van der Waals surface area contributed by atoms with E-state index in [0.29, 0.717) is 0 Å². The van der Waals surface area contributed by atoms with Gasteiger partial charge in [0.05, 0.1) is 19.8 Å². The van der Waals surface area contributed by atoms with Gasteiger partial charge >= 0.3 is 6.18 Å².